The van der Waals surface area contributed by atoms with Crippen molar-refractivity contribution in [3.63, 3.8) is 0 Å². The highest BCUT2D eigenvalue weighted by Gasteiger charge is 2.16. The van der Waals surface area contributed by atoms with Gasteiger partial charge in [-0.2, -0.15) is 0 Å². The van der Waals surface area contributed by atoms with Gasteiger partial charge < -0.3 is 10.1 Å². The number of hydrogen-bond acceptors (Lipinski definition) is 4. The van der Waals surface area contributed by atoms with Crippen LogP contribution in [0.15, 0.2) is 30.5 Å². The minimum atomic E-state index is -0.189. The third-order valence-electron chi connectivity index (χ3n) is 3.30. The molecular formula is C16H19N3O2. The lowest BCUT2D eigenvalue weighted by molar-refractivity contribution is 0.0938. The first-order valence-electron chi connectivity index (χ1n) is 6.77. The van der Waals surface area contributed by atoms with Crippen LogP contribution >= 0.6 is 0 Å². The van der Waals surface area contributed by atoms with Crippen molar-refractivity contribution < 1.29 is 9.53 Å². The Balaban J connectivity index is 2.19. The highest BCUT2D eigenvalue weighted by atomic mass is 16.5. The van der Waals surface area contributed by atoms with Crippen LogP contribution in [0.4, 0.5) is 0 Å². The summed E-state index contributed by atoms with van der Waals surface area (Å²) in [6.45, 7) is 5.52. The number of nitrogens with one attached hydrogen (secondary N) is 1. The molecule has 0 spiro atoms. The molecule has 2 rings (SSSR count). The molecule has 0 aliphatic carbocycles. The van der Waals surface area contributed by atoms with E-state index in [2.05, 4.69) is 15.3 Å². The van der Waals surface area contributed by atoms with E-state index in [0.717, 1.165) is 11.3 Å². The molecule has 1 heterocycles. The Kier molecular flexibility index (Phi) is 4.52. The summed E-state index contributed by atoms with van der Waals surface area (Å²) >= 11 is 0. The van der Waals surface area contributed by atoms with Crippen LogP contribution in [0.3, 0.4) is 0 Å². The van der Waals surface area contributed by atoms with Crippen LogP contribution in [0.25, 0.3) is 0 Å². The molecule has 2 aromatic rings. The summed E-state index contributed by atoms with van der Waals surface area (Å²) in [6, 6.07) is 7.45. The molecule has 21 heavy (non-hydrogen) atoms. The van der Waals surface area contributed by atoms with Crippen LogP contribution in [0.1, 0.15) is 40.4 Å². The molecule has 0 bridgehead atoms. The highest BCUT2D eigenvalue weighted by molar-refractivity contribution is 5.95. The number of rotatable bonds is 4. The van der Waals surface area contributed by atoms with E-state index < -0.39 is 0 Å². The molecule has 5 nitrogen and oxygen atoms in total. The van der Waals surface area contributed by atoms with Crippen molar-refractivity contribution in [1.29, 1.82) is 0 Å². The van der Waals surface area contributed by atoms with Gasteiger partial charge in [0, 0.05) is 11.8 Å². The zero-order valence-electron chi connectivity index (χ0n) is 12.7. The summed E-state index contributed by atoms with van der Waals surface area (Å²) in [7, 11) is 1.62. The minimum absolute atomic E-state index is 0.172. The SMILES string of the molecule is COc1ccccc1[C@H](C)NC(=O)c1cnc(C)nc1C. The maximum atomic E-state index is 12.3. The number of methoxy groups -OCH3 is 1. The molecule has 0 radical (unpaired) electrons. The van der Waals surface area contributed by atoms with Crippen molar-refractivity contribution in [3.05, 3.63) is 53.1 Å². The number of benzene rings is 1. The van der Waals surface area contributed by atoms with Crippen molar-refractivity contribution in [2.45, 2.75) is 26.8 Å². The second-order valence-electron chi connectivity index (χ2n) is 4.85. The molecule has 1 atom stereocenters. The molecular weight excluding hydrogens is 266 g/mol. The van der Waals surface area contributed by atoms with Gasteiger partial charge in [0.2, 0.25) is 0 Å². The van der Waals surface area contributed by atoms with Gasteiger partial charge in [-0.1, -0.05) is 18.2 Å². The first kappa shape index (κ1) is 15.0. The molecule has 0 saturated heterocycles. The van der Waals surface area contributed by atoms with Gasteiger partial charge in [-0.3, -0.25) is 4.79 Å². The first-order valence-corrected chi connectivity index (χ1v) is 6.77. The topological polar surface area (TPSA) is 64.1 Å². The quantitative estimate of drug-likeness (QED) is 0.937. The van der Waals surface area contributed by atoms with Crippen LogP contribution in [-0.4, -0.2) is 23.0 Å². The average Bonchev–Trinajstić information content (AvgIpc) is 2.46. The molecule has 1 amide bonds. The van der Waals surface area contributed by atoms with E-state index >= 15 is 0 Å². The maximum absolute atomic E-state index is 12.3. The Morgan fingerprint density at radius 2 is 2.00 bits per heavy atom. The van der Waals surface area contributed by atoms with E-state index in [1.165, 1.54) is 0 Å². The van der Waals surface area contributed by atoms with Crippen LogP contribution in [0, 0.1) is 13.8 Å². The van der Waals surface area contributed by atoms with Crippen LogP contribution in [-0.2, 0) is 0 Å². The second kappa shape index (κ2) is 6.35. The fourth-order valence-corrected chi connectivity index (χ4v) is 2.18. The van der Waals surface area contributed by atoms with Gasteiger partial charge >= 0.3 is 0 Å². The zero-order valence-corrected chi connectivity index (χ0v) is 12.7. The first-order chi connectivity index (χ1) is 10.0. The Morgan fingerprint density at radius 3 is 2.67 bits per heavy atom. The van der Waals surface area contributed by atoms with Gasteiger partial charge in [0.25, 0.3) is 5.91 Å². The summed E-state index contributed by atoms with van der Waals surface area (Å²) in [4.78, 5) is 20.6. The van der Waals surface area contributed by atoms with Crippen molar-refractivity contribution >= 4 is 5.91 Å². The van der Waals surface area contributed by atoms with E-state index in [0.29, 0.717) is 17.1 Å². The predicted molar refractivity (Wildman–Crippen MR) is 80.4 cm³/mol. The van der Waals surface area contributed by atoms with Gasteiger partial charge in [0.15, 0.2) is 0 Å². The molecule has 0 aliphatic heterocycles. The van der Waals surface area contributed by atoms with Gasteiger partial charge in [0.1, 0.15) is 11.6 Å². The van der Waals surface area contributed by atoms with Gasteiger partial charge in [0.05, 0.1) is 24.4 Å². The number of aryl methyl sites for hydroxylation is 2. The Bertz CT molecular complexity index is 656. The van der Waals surface area contributed by atoms with Gasteiger partial charge in [-0.05, 0) is 26.8 Å². The number of para-hydroxylation sites is 1. The molecule has 1 aromatic carbocycles. The lowest BCUT2D eigenvalue weighted by atomic mass is 10.1. The lowest BCUT2D eigenvalue weighted by Crippen LogP contribution is -2.28. The average molecular weight is 285 g/mol. The molecule has 110 valence electrons. The molecule has 0 unspecified atom stereocenters. The lowest BCUT2D eigenvalue weighted by Gasteiger charge is -2.17. The minimum Gasteiger partial charge on any atom is -0.496 e. The standard InChI is InChI=1S/C16H19N3O2/c1-10(13-7-5-6-8-15(13)21-4)19-16(20)14-9-17-12(3)18-11(14)2/h5-10H,1-4H3,(H,19,20)/t10-/m0/s1. The van der Waals surface area contributed by atoms with Crippen LogP contribution in [0.2, 0.25) is 0 Å². The molecule has 1 N–H and O–H groups in total. The number of ether oxygens (including phenoxy) is 1. The molecule has 5 heteroatoms. The Morgan fingerprint density at radius 1 is 1.29 bits per heavy atom. The third kappa shape index (κ3) is 3.37. The fraction of sp³-hybridized carbons (Fsp3) is 0.312. The number of nitrogens with zero attached hydrogens (tertiary/aromatic N) is 2. The number of amides is 1. The number of carbonyl (C=O) groups is 1. The third-order valence-corrected chi connectivity index (χ3v) is 3.30. The summed E-state index contributed by atoms with van der Waals surface area (Å²) < 4.78 is 5.32. The van der Waals surface area contributed by atoms with E-state index in [1.54, 1.807) is 27.2 Å². The number of aromatic nitrogens is 2. The van der Waals surface area contributed by atoms with Crippen molar-refractivity contribution in [2.24, 2.45) is 0 Å². The van der Waals surface area contributed by atoms with Crippen LogP contribution in [0.5, 0.6) is 5.75 Å². The fourth-order valence-electron chi connectivity index (χ4n) is 2.18. The summed E-state index contributed by atoms with van der Waals surface area (Å²) in [6.07, 6.45) is 1.56. The Labute approximate surface area is 124 Å². The van der Waals surface area contributed by atoms with E-state index in [-0.39, 0.29) is 11.9 Å². The normalized spacial score (nSPS) is 11.8. The maximum Gasteiger partial charge on any atom is 0.255 e. The van der Waals surface area contributed by atoms with E-state index in [4.69, 9.17) is 4.74 Å². The van der Waals surface area contributed by atoms with Crippen molar-refractivity contribution in [2.75, 3.05) is 7.11 Å². The van der Waals surface area contributed by atoms with Crippen molar-refractivity contribution in [3.8, 4) is 5.75 Å². The summed E-state index contributed by atoms with van der Waals surface area (Å²) in [5.41, 5.74) is 2.09. The van der Waals surface area contributed by atoms with Crippen molar-refractivity contribution in [1.82, 2.24) is 15.3 Å². The smallest absolute Gasteiger partial charge is 0.255 e. The monoisotopic (exact) mass is 285 g/mol. The second-order valence-corrected chi connectivity index (χ2v) is 4.85. The highest BCUT2D eigenvalue weighted by Crippen LogP contribution is 2.24. The van der Waals surface area contributed by atoms with Gasteiger partial charge in [-0.15, -0.1) is 0 Å². The molecule has 0 fully saturated rings. The van der Waals surface area contributed by atoms with Crippen LogP contribution < -0.4 is 10.1 Å². The summed E-state index contributed by atoms with van der Waals surface area (Å²) in [5, 5.41) is 2.95. The molecule has 0 saturated carbocycles. The number of carbonyl (C=O) groups excluding carboxylic acids is 1. The van der Waals surface area contributed by atoms with E-state index in [9.17, 15) is 4.79 Å². The number of hydrogen-bond donors (Lipinski definition) is 1. The Hall–Kier alpha value is -2.43. The molecule has 0 aliphatic rings. The predicted octanol–water partition coefficient (Wildman–Crippen LogP) is 2.59. The zero-order chi connectivity index (χ0) is 15.4. The van der Waals surface area contributed by atoms with E-state index in [1.807, 2.05) is 31.2 Å². The molecule has 1 aromatic heterocycles. The van der Waals surface area contributed by atoms with Gasteiger partial charge in [-0.25, -0.2) is 9.97 Å². The largest absolute Gasteiger partial charge is 0.496 e. The summed E-state index contributed by atoms with van der Waals surface area (Å²) in [5.74, 6) is 1.22.